The molecule has 0 aliphatic heterocycles. The molecule has 0 radical (unpaired) electrons. The Hall–Kier alpha value is -2.60. The number of rotatable bonds is 4. The molecule has 2 aromatic carbocycles. The van der Waals surface area contributed by atoms with Crippen LogP contribution >= 0.6 is 11.6 Å². The van der Waals surface area contributed by atoms with Gasteiger partial charge < -0.3 is 5.32 Å². The Kier molecular flexibility index (Phi) is 5.37. The van der Waals surface area contributed by atoms with Crippen LogP contribution in [0.1, 0.15) is 29.8 Å². The van der Waals surface area contributed by atoms with Gasteiger partial charge in [-0.05, 0) is 55.3 Å². The van der Waals surface area contributed by atoms with E-state index in [0.717, 1.165) is 17.7 Å². The summed E-state index contributed by atoms with van der Waals surface area (Å²) < 4.78 is 39.2. The molecule has 1 atom stereocenters. The first kappa shape index (κ1) is 19.2. The smallest absolute Gasteiger partial charge is 0.362 e. The van der Waals surface area contributed by atoms with Crippen LogP contribution in [0.15, 0.2) is 54.6 Å². The van der Waals surface area contributed by atoms with E-state index in [1.54, 1.807) is 31.2 Å². The van der Waals surface area contributed by atoms with E-state index in [1.165, 1.54) is 6.07 Å². The van der Waals surface area contributed by atoms with E-state index in [9.17, 15) is 13.2 Å². The molecule has 7 heteroatoms. The van der Waals surface area contributed by atoms with Crippen LogP contribution in [-0.2, 0) is 6.18 Å². The number of aromatic nitrogens is 2. The fourth-order valence-corrected chi connectivity index (χ4v) is 2.84. The van der Waals surface area contributed by atoms with E-state index in [2.05, 4.69) is 15.5 Å². The summed E-state index contributed by atoms with van der Waals surface area (Å²) in [6.45, 7) is 3.68. The number of halogens is 4. The summed E-state index contributed by atoms with van der Waals surface area (Å²) in [5, 5.41) is 12.1. The highest BCUT2D eigenvalue weighted by Gasteiger charge is 2.30. The number of nitrogens with zero attached hydrogens (tertiary/aromatic N) is 2. The second-order valence-corrected chi connectivity index (χ2v) is 6.68. The SMILES string of the molecule is Cc1cc(-c2cccc(C(F)(F)F)c2)c(NC(C)c2ccc(Cl)cc2)nn1. The fraction of sp³-hybridized carbons (Fsp3) is 0.200. The van der Waals surface area contributed by atoms with Crippen molar-refractivity contribution in [3.63, 3.8) is 0 Å². The monoisotopic (exact) mass is 391 g/mol. The van der Waals surface area contributed by atoms with Crippen LogP contribution in [0.5, 0.6) is 0 Å². The molecule has 3 nitrogen and oxygen atoms in total. The van der Waals surface area contributed by atoms with Crippen molar-refractivity contribution in [2.75, 3.05) is 5.32 Å². The lowest BCUT2D eigenvalue weighted by Crippen LogP contribution is -2.10. The van der Waals surface area contributed by atoms with Crippen molar-refractivity contribution in [3.8, 4) is 11.1 Å². The summed E-state index contributed by atoms with van der Waals surface area (Å²) in [4.78, 5) is 0. The van der Waals surface area contributed by atoms with Gasteiger partial charge in [-0.2, -0.15) is 18.3 Å². The third-order valence-corrected chi connectivity index (χ3v) is 4.39. The Morgan fingerprint density at radius 1 is 1.00 bits per heavy atom. The molecule has 1 heterocycles. The molecule has 140 valence electrons. The summed E-state index contributed by atoms with van der Waals surface area (Å²) in [6.07, 6.45) is -4.41. The van der Waals surface area contributed by atoms with E-state index in [4.69, 9.17) is 11.6 Å². The fourth-order valence-electron chi connectivity index (χ4n) is 2.72. The zero-order chi connectivity index (χ0) is 19.6. The van der Waals surface area contributed by atoms with E-state index in [0.29, 0.717) is 27.7 Å². The Morgan fingerprint density at radius 2 is 1.70 bits per heavy atom. The molecular weight excluding hydrogens is 375 g/mol. The minimum absolute atomic E-state index is 0.135. The molecule has 0 amide bonds. The third-order valence-electron chi connectivity index (χ3n) is 4.14. The van der Waals surface area contributed by atoms with Crippen molar-refractivity contribution < 1.29 is 13.2 Å². The molecule has 0 aliphatic rings. The molecule has 0 saturated heterocycles. The molecule has 3 aromatic rings. The molecule has 0 saturated carbocycles. The quantitative estimate of drug-likeness (QED) is 0.567. The molecular formula is C20H17ClF3N3. The largest absolute Gasteiger partial charge is 0.416 e. The lowest BCUT2D eigenvalue weighted by atomic mass is 10.0. The van der Waals surface area contributed by atoms with E-state index in [-0.39, 0.29) is 6.04 Å². The Labute approximate surface area is 160 Å². The van der Waals surface area contributed by atoms with E-state index >= 15 is 0 Å². The minimum atomic E-state index is -4.41. The lowest BCUT2D eigenvalue weighted by Gasteiger charge is -2.18. The van der Waals surface area contributed by atoms with Crippen molar-refractivity contribution in [2.45, 2.75) is 26.1 Å². The standard InChI is InChI=1S/C20H17ClF3N3/c1-12-10-18(15-4-3-5-16(11-15)20(22,23)24)19(27-26-12)25-13(2)14-6-8-17(21)9-7-14/h3-11,13H,1-2H3,(H,25,27). The minimum Gasteiger partial charge on any atom is -0.362 e. The van der Waals surface area contributed by atoms with Crippen LogP contribution in [0, 0.1) is 6.92 Å². The highest BCUT2D eigenvalue weighted by molar-refractivity contribution is 6.30. The summed E-state index contributed by atoms with van der Waals surface area (Å²) in [5.74, 6) is 0.419. The van der Waals surface area contributed by atoms with Crippen molar-refractivity contribution in [3.05, 3.63) is 76.4 Å². The number of aryl methyl sites for hydroxylation is 1. The van der Waals surface area contributed by atoms with Crippen LogP contribution in [0.2, 0.25) is 5.02 Å². The van der Waals surface area contributed by atoms with E-state index in [1.807, 2.05) is 19.1 Å². The second-order valence-electron chi connectivity index (χ2n) is 6.24. The van der Waals surface area contributed by atoms with Crippen molar-refractivity contribution in [1.82, 2.24) is 10.2 Å². The first-order chi connectivity index (χ1) is 12.7. The maximum absolute atomic E-state index is 13.1. The number of alkyl halides is 3. The molecule has 27 heavy (non-hydrogen) atoms. The van der Waals surface area contributed by atoms with Gasteiger partial charge in [-0.3, -0.25) is 0 Å². The summed E-state index contributed by atoms with van der Waals surface area (Å²) in [7, 11) is 0. The van der Waals surface area contributed by atoms with Gasteiger partial charge in [0.05, 0.1) is 17.3 Å². The number of hydrogen-bond donors (Lipinski definition) is 1. The average Bonchev–Trinajstić information content (AvgIpc) is 2.63. The van der Waals surface area contributed by atoms with Crippen LogP contribution in [0.3, 0.4) is 0 Å². The van der Waals surface area contributed by atoms with Crippen LogP contribution in [0.4, 0.5) is 19.0 Å². The first-order valence-electron chi connectivity index (χ1n) is 8.28. The van der Waals surface area contributed by atoms with Crippen molar-refractivity contribution in [2.24, 2.45) is 0 Å². The van der Waals surface area contributed by atoms with Gasteiger partial charge in [0.2, 0.25) is 0 Å². The Morgan fingerprint density at radius 3 is 2.37 bits per heavy atom. The summed E-state index contributed by atoms with van der Waals surface area (Å²) in [6, 6.07) is 14.1. The molecule has 3 rings (SSSR count). The molecule has 0 aliphatic carbocycles. The molecule has 1 unspecified atom stereocenters. The average molecular weight is 392 g/mol. The molecule has 1 aromatic heterocycles. The van der Waals surface area contributed by atoms with Gasteiger partial charge in [0.1, 0.15) is 0 Å². The van der Waals surface area contributed by atoms with Crippen molar-refractivity contribution in [1.29, 1.82) is 0 Å². The summed E-state index contributed by atoms with van der Waals surface area (Å²) in [5.41, 5.74) is 1.87. The Bertz CT molecular complexity index is 940. The van der Waals surface area contributed by atoms with Crippen LogP contribution < -0.4 is 5.32 Å². The second kappa shape index (κ2) is 7.56. The first-order valence-corrected chi connectivity index (χ1v) is 8.66. The van der Waals surface area contributed by atoms with Gasteiger partial charge in [0, 0.05) is 10.6 Å². The van der Waals surface area contributed by atoms with Gasteiger partial charge in [0.15, 0.2) is 5.82 Å². The van der Waals surface area contributed by atoms with Gasteiger partial charge in [0.25, 0.3) is 0 Å². The summed E-state index contributed by atoms with van der Waals surface area (Å²) >= 11 is 5.92. The van der Waals surface area contributed by atoms with Gasteiger partial charge in [-0.15, -0.1) is 5.10 Å². The predicted octanol–water partition coefficient (Wildman–Crippen LogP) is 6.30. The number of benzene rings is 2. The molecule has 0 spiro atoms. The molecule has 0 fully saturated rings. The lowest BCUT2D eigenvalue weighted by molar-refractivity contribution is -0.137. The highest BCUT2D eigenvalue weighted by atomic mass is 35.5. The zero-order valence-corrected chi connectivity index (χ0v) is 15.4. The number of nitrogens with one attached hydrogen (secondary N) is 1. The van der Waals surface area contributed by atoms with Crippen LogP contribution in [-0.4, -0.2) is 10.2 Å². The van der Waals surface area contributed by atoms with Gasteiger partial charge >= 0.3 is 6.18 Å². The van der Waals surface area contributed by atoms with Gasteiger partial charge in [-0.25, -0.2) is 0 Å². The zero-order valence-electron chi connectivity index (χ0n) is 14.7. The predicted molar refractivity (Wildman–Crippen MR) is 101 cm³/mol. The van der Waals surface area contributed by atoms with E-state index < -0.39 is 11.7 Å². The topological polar surface area (TPSA) is 37.8 Å². The molecule has 1 N–H and O–H groups in total. The van der Waals surface area contributed by atoms with Crippen LogP contribution in [0.25, 0.3) is 11.1 Å². The van der Waals surface area contributed by atoms with Crippen molar-refractivity contribution >= 4 is 17.4 Å². The Balaban J connectivity index is 1.97. The maximum atomic E-state index is 13.1. The van der Waals surface area contributed by atoms with Gasteiger partial charge in [-0.1, -0.05) is 35.9 Å². The third kappa shape index (κ3) is 4.57. The highest BCUT2D eigenvalue weighted by Crippen LogP contribution is 2.35. The number of anilines is 1. The maximum Gasteiger partial charge on any atom is 0.416 e. The number of hydrogen-bond acceptors (Lipinski definition) is 3. The molecule has 0 bridgehead atoms. The normalized spacial score (nSPS) is 12.7.